The van der Waals surface area contributed by atoms with Gasteiger partial charge in [0.2, 0.25) is 0 Å². The minimum Gasteiger partial charge on any atom is -0.462 e. The van der Waals surface area contributed by atoms with Gasteiger partial charge in [-0.3, -0.25) is 0 Å². The molecule has 1 N–H and O–H groups in total. The molecule has 3 rings (SSSR count). The number of carbonyl (C=O) groups excluding carboxylic acids is 1. The van der Waals surface area contributed by atoms with Crippen LogP contribution in [0.1, 0.15) is 30.1 Å². The van der Waals surface area contributed by atoms with E-state index in [1.807, 2.05) is 6.07 Å². The van der Waals surface area contributed by atoms with Crippen molar-refractivity contribution >= 4 is 17.5 Å². The van der Waals surface area contributed by atoms with Gasteiger partial charge in [0.05, 0.1) is 6.61 Å². The number of nitrogens with zero attached hydrogens (tertiary/aromatic N) is 2. The maximum absolute atomic E-state index is 13.4. The van der Waals surface area contributed by atoms with Crippen LogP contribution in [0.15, 0.2) is 42.6 Å². The largest absolute Gasteiger partial charge is 0.462 e. The van der Waals surface area contributed by atoms with Crippen LogP contribution in [0.5, 0.6) is 0 Å². The fourth-order valence-electron chi connectivity index (χ4n) is 3.04. The average molecular weight is 343 g/mol. The Morgan fingerprint density at radius 1 is 1.32 bits per heavy atom. The molecule has 0 bridgehead atoms. The van der Waals surface area contributed by atoms with Gasteiger partial charge in [0.15, 0.2) is 0 Å². The highest BCUT2D eigenvalue weighted by molar-refractivity contribution is 5.94. The van der Waals surface area contributed by atoms with E-state index in [0.29, 0.717) is 18.0 Å². The summed E-state index contributed by atoms with van der Waals surface area (Å²) in [6, 6.07) is 10.3. The molecule has 1 aliphatic heterocycles. The Bertz CT molecular complexity index is 730. The maximum atomic E-state index is 13.4. The number of esters is 1. The van der Waals surface area contributed by atoms with Crippen molar-refractivity contribution in [3.63, 3.8) is 0 Å². The summed E-state index contributed by atoms with van der Waals surface area (Å²) in [5.41, 5.74) is 1.36. The van der Waals surface area contributed by atoms with Crippen LogP contribution in [-0.4, -0.2) is 36.7 Å². The van der Waals surface area contributed by atoms with E-state index in [1.54, 1.807) is 37.4 Å². The summed E-state index contributed by atoms with van der Waals surface area (Å²) in [5.74, 6) is -0.0224. The van der Waals surface area contributed by atoms with E-state index in [9.17, 15) is 9.18 Å². The summed E-state index contributed by atoms with van der Waals surface area (Å²) < 4.78 is 18.5. The molecular formula is C19H22FN3O2. The number of aromatic nitrogens is 1. The van der Waals surface area contributed by atoms with Crippen molar-refractivity contribution in [3.05, 3.63) is 54.0 Å². The topological polar surface area (TPSA) is 54.5 Å². The lowest BCUT2D eigenvalue weighted by Gasteiger charge is -2.34. The first-order valence-electron chi connectivity index (χ1n) is 8.56. The van der Waals surface area contributed by atoms with E-state index in [2.05, 4.69) is 15.2 Å². The van der Waals surface area contributed by atoms with Crippen LogP contribution in [0.4, 0.5) is 15.9 Å². The number of benzene rings is 1. The number of nitrogens with one attached hydrogen (secondary N) is 1. The molecule has 25 heavy (non-hydrogen) atoms. The third-order valence-electron chi connectivity index (χ3n) is 4.31. The second-order valence-electron chi connectivity index (χ2n) is 6.01. The summed E-state index contributed by atoms with van der Waals surface area (Å²) in [6.07, 6.45) is 3.43. The number of anilines is 2. The van der Waals surface area contributed by atoms with Crippen LogP contribution in [0.25, 0.3) is 0 Å². The van der Waals surface area contributed by atoms with E-state index in [1.165, 1.54) is 6.07 Å². The van der Waals surface area contributed by atoms with E-state index < -0.39 is 0 Å². The molecule has 132 valence electrons. The maximum Gasteiger partial charge on any atom is 0.341 e. The normalized spacial score (nSPS) is 15.0. The molecular weight excluding hydrogens is 321 g/mol. The highest BCUT2D eigenvalue weighted by atomic mass is 19.1. The van der Waals surface area contributed by atoms with Gasteiger partial charge in [-0.25, -0.2) is 14.2 Å². The third kappa shape index (κ3) is 4.26. The fraction of sp³-hybridized carbons (Fsp3) is 0.368. The second-order valence-corrected chi connectivity index (χ2v) is 6.01. The number of piperidine rings is 1. The Balaban J connectivity index is 1.62. The van der Waals surface area contributed by atoms with Crippen LogP contribution >= 0.6 is 0 Å². The van der Waals surface area contributed by atoms with Crippen LogP contribution in [0.3, 0.4) is 0 Å². The molecule has 0 spiro atoms. The molecule has 1 aliphatic rings. The van der Waals surface area contributed by atoms with Gasteiger partial charge in [-0.15, -0.1) is 0 Å². The molecule has 2 heterocycles. The lowest BCUT2D eigenvalue weighted by molar-refractivity contribution is 0.0527. The van der Waals surface area contributed by atoms with E-state index in [4.69, 9.17) is 4.74 Å². The predicted molar refractivity (Wildman–Crippen MR) is 95.5 cm³/mol. The molecule has 0 atom stereocenters. The zero-order valence-corrected chi connectivity index (χ0v) is 14.2. The predicted octanol–water partition coefficient (Wildman–Crippen LogP) is 3.48. The fourth-order valence-corrected chi connectivity index (χ4v) is 3.04. The van der Waals surface area contributed by atoms with Crippen LogP contribution < -0.4 is 10.2 Å². The minimum absolute atomic E-state index is 0.216. The second kappa shape index (κ2) is 7.96. The van der Waals surface area contributed by atoms with Gasteiger partial charge < -0.3 is 15.0 Å². The molecule has 0 amide bonds. The highest BCUT2D eigenvalue weighted by Crippen LogP contribution is 2.23. The van der Waals surface area contributed by atoms with E-state index >= 15 is 0 Å². The van der Waals surface area contributed by atoms with E-state index in [-0.39, 0.29) is 17.8 Å². The molecule has 5 nitrogen and oxygen atoms in total. The standard InChI is InChI=1S/C19H22FN3O2/c1-2-25-19(24)17-7-4-10-21-18(17)22-15-8-11-23(12-9-15)16-6-3-5-14(20)13-16/h3-7,10,13,15H,2,8-9,11-12H2,1H3,(H,21,22). The van der Waals surface area contributed by atoms with Crippen LogP contribution in [-0.2, 0) is 4.74 Å². The Morgan fingerprint density at radius 2 is 2.12 bits per heavy atom. The molecule has 1 fully saturated rings. The minimum atomic E-state index is -0.365. The molecule has 2 aromatic rings. The highest BCUT2D eigenvalue weighted by Gasteiger charge is 2.22. The van der Waals surface area contributed by atoms with Gasteiger partial charge >= 0.3 is 5.97 Å². The zero-order chi connectivity index (χ0) is 17.6. The molecule has 1 aromatic carbocycles. The number of hydrogen-bond donors (Lipinski definition) is 1. The first kappa shape index (κ1) is 17.2. The molecule has 6 heteroatoms. The van der Waals surface area contributed by atoms with Crippen molar-refractivity contribution in [1.82, 2.24) is 4.98 Å². The van der Waals surface area contributed by atoms with Gasteiger partial charge in [0.25, 0.3) is 0 Å². The number of pyridine rings is 1. The Hall–Kier alpha value is -2.63. The van der Waals surface area contributed by atoms with Crippen LogP contribution in [0, 0.1) is 5.82 Å². The summed E-state index contributed by atoms with van der Waals surface area (Å²) in [7, 11) is 0. The van der Waals surface area contributed by atoms with Gasteiger partial charge in [-0.1, -0.05) is 6.07 Å². The average Bonchev–Trinajstić information content (AvgIpc) is 2.63. The summed E-state index contributed by atoms with van der Waals surface area (Å²) in [6.45, 7) is 3.76. The number of ether oxygens (including phenoxy) is 1. The van der Waals surface area contributed by atoms with Gasteiger partial charge in [-0.2, -0.15) is 0 Å². The Kier molecular flexibility index (Phi) is 5.48. The first-order valence-corrected chi connectivity index (χ1v) is 8.56. The summed E-state index contributed by atoms with van der Waals surface area (Å²) in [5, 5.41) is 3.36. The third-order valence-corrected chi connectivity index (χ3v) is 4.31. The van der Waals surface area contributed by atoms with Gasteiger partial charge in [-0.05, 0) is 50.1 Å². The van der Waals surface area contributed by atoms with Crippen molar-refractivity contribution in [1.29, 1.82) is 0 Å². The molecule has 0 aliphatic carbocycles. The van der Waals surface area contributed by atoms with Gasteiger partial charge in [0.1, 0.15) is 17.2 Å². The van der Waals surface area contributed by atoms with Gasteiger partial charge in [0, 0.05) is 31.0 Å². The number of carbonyl (C=O) groups is 1. The smallest absolute Gasteiger partial charge is 0.341 e. The number of rotatable bonds is 5. The Morgan fingerprint density at radius 3 is 2.84 bits per heavy atom. The summed E-state index contributed by atoms with van der Waals surface area (Å²) in [4.78, 5) is 18.5. The molecule has 0 radical (unpaired) electrons. The lowest BCUT2D eigenvalue weighted by Crippen LogP contribution is -2.39. The van der Waals surface area contributed by atoms with Crippen molar-refractivity contribution in [2.45, 2.75) is 25.8 Å². The Labute approximate surface area is 146 Å². The zero-order valence-electron chi connectivity index (χ0n) is 14.2. The van der Waals surface area contributed by atoms with Crippen molar-refractivity contribution in [3.8, 4) is 0 Å². The van der Waals surface area contributed by atoms with Crippen molar-refractivity contribution in [2.75, 3.05) is 29.9 Å². The number of hydrogen-bond acceptors (Lipinski definition) is 5. The monoisotopic (exact) mass is 343 g/mol. The lowest BCUT2D eigenvalue weighted by atomic mass is 10.0. The van der Waals surface area contributed by atoms with Crippen LogP contribution in [0.2, 0.25) is 0 Å². The summed E-state index contributed by atoms with van der Waals surface area (Å²) >= 11 is 0. The first-order chi connectivity index (χ1) is 12.2. The number of halogens is 1. The van der Waals surface area contributed by atoms with Crippen molar-refractivity contribution in [2.24, 2.45) is 0 Å². The van der Waals surface area contributed by atoms with Crippen molar-refractivity contribution < 1.29 is 13.9 Å². The molecule has 1 aromatic heterocycles. The molecule has 0 unspecified atom stereocenters. The quantitative estimate of drug-likeness (QED) is 0.843. The SMILES string of the molecule is CCOC(=O)c1cccnc1NC1CCN(c2cccc(F)c2)CC1. The van der Waals surface area contributed by atoms with E-state index in [0.717, 1.165) is 31.6 Å². The molecule has 0 saturated carbocycles. The molecule has 1 saturated heterocycles.